The number of nitrogens with one attached hydrogen (secondary N) is 1. The van der Waals surface area contributed by atoms with Gasteiger partial charge in [0.1, 0.15) is 22.9 Å². The topological polar surface area (TPSA) is 110 Å². The zero-order valence-corrected chi connectivity index (χ0v) is 24.7. The third-order valence-corrected chi connectivity index (χ3v) is 8.27. The minimum atomic E-state index is -0.421. The molecule has 0 saturated heterocycles. The zero-order valence-electron chi connectivity index (χ0n) is 24.7. The van der Waals surface area contributed by atoms with Crippen LogP contribution >= 0.6 is 0 Å². The number of benzene rings is 4. The SMILES string of the molecule is COc1ccc2cc1OCCCNC(=O)c1cc(ccc1O)Oc1ccc3c(c1)CCN(C(=O)c1cc4ccccc4cn1)C23. The molecule has 8 rings (SSSR count). The highest BCUT2D eigenvalue weighted by Gasteiger charge is 2.34. The number of hydrogen-bond acceptors (Lipinski definition) is 7. The average Bonchev–Trinajstić information content (AvgIpc) is 3.07. The van der Waals surface area contributed by atoms with Crippen LogP contribution < -0.4 is 19.5 Å². The number of pyridine rings is 1. The van der Waals surface area contributed by atoms with E-state index in [-0.39, 0.29) is 17.2 Å². The van der Waals surface area contributed by atoms with E-state index < -0.39 is 11.9 Å². The lowest BCUT2D eigenvalue weighted by atomic mass is 9.87. The number of rotatable bonds is 2. The molecule has 2 N–H and O–H groups in total. The summed E-state index contributed by atoms with van der Waals surface area (Å²) < 4.78 is 17.9. The van der Waals surface area contributed by atoms with Crippen LogP contribution in [0.4, 0.5) is 0 Å². The first-order chi connectivity index (χ1) is 22.0. The molecule has 0 fully saturated rings. The maximum absolute atomic E-state index is 14.2. The molecule has 5 aromatic rings. The van der Waals surface area contributed by atoms with Crippen molar-refractivity contribution in [2.24, 2.45) is 0 Å². The fourth-order valence-corrected chi connectivity index (χ4v) is 6.02. The summed E-state index contributed by atoms with van der Waals surface area (Å²) in [6.45, 7) is 1.10. The van der Waals surface area contributed by atoms with Crippen LogP contribution in [0.2, 0.25) is 0 Å². The maximum Gasteiger partial charge on any atom is 0.273 e. The lowest BCUT2D eigenvalue weighted by Gasteiger charge is -2.38. The summed E-state index contributed by atoms with van der Waals surface area (Å²) in [5, 5.41) is 15.1. The van der Waals surface area contributed by atoms with Gasteiger partial charge in [0.25, 0.3) is 11.8 Å². The van der Waals surface area contributed by atoms with Crippen LogP contribution in [0.3, 0.4) is 0 Å². The second-order valence-electron chi connectivity index (χ2n) is 11.1. The number of aromatic hydroxyl groups is 1. The summed E-state index contributed by atoms with van der Waals surface area (Å²) in [7, 11) is 1.58. The standard InChI is InChI=1S/C36H31N3O6/c1-43-32-12-7-24-19-33(32)44-16-4-14-37-35(41)29-20-27(9-11-31(29)40)45-26-8-10-28-23(17-26)13-15-39(34(24)28)36(42)30-18-22-5-2-3-6-25(22)21-38-30/h2-3,5-12,17-21,34,40H,4,13-16H2,1H3,(H,37,41). The smallest absolute Gasteiger partial charge is 0.273 e. The summed E-state index contributed by atoms with van der Waals surface area (Å²) in [6.07, 6.45) is 2.86. The highest BCUT2D eigenvalue weighted by atomic mass is 16.5. The van der Waals surface area contributed by atoms with Crippen molar-refractivity contribution in [2.45, 2.75) is 18.9 Å². The Morgan fingerprint density at radius 1 is 1.00 bits per heavy atom. The van der Waals surface area contributed by atoms with E-state index in [0.29, 0.717) is 61.2 Å². The minimum Gasteiger partial charge on any atom is -0.507 e. The number of phenols is 1. The molecule has 0 saturated carbocycles. The van der Waals surface area contributed by atoms with Crippen LogP contribution in [-0.2, 0) is 6.42 Å². The van der Waals surface area contributed by atoms with Crippen molar-refractivity contribution >= 4 is 22.6 Å². The van der Waals surface area contributed by atoms with E-state index in [1.54, 1.807) is 19.4 Å². The quantitative estimate of drug-likeness (QED) is 0.254. The molecule has 3 aliphatic rings. The van der Waals surface area contributed by atoms with E-state index >= 15 is 0 Å². The number of carbonyl (C=O) groups is 2. The Hall–Kier alpha value is -5.57. The molecule has 226 valence electrons. The Morgan fingerprint density at radius 3 is 2.69 bits per heavy atom. The maximum atomic E-state index is 14.2. The molecule has 1 unspecified atom stereocenters. The lowest BCUT2D eigenvalue weighted by Crippen LogP contribution is -2.41. The van der Waals surface area contributed by atoms with Crippen molar-refractivity contribution < 1.29 is 28.9 Å². The summed E-state index contributed by atoms with van der Waals surface area (Å²) in [5.74, 6) is 1.41. The second kappa shape index (κ2) is 11.8. The van der Waals surface area contributed by atoms with E-state index in [1.807, 2.05) is 71.6 Å². The molecule has 3 aliphatic heterocycles. The first-order valence-corrected chi connectivity index (χ1v) is 14.9. The van der Waals surface area contributed by atoms with Gasteiger partial charge < -0.3 is 29.5 Å². The second-order valence-corrected chi connectivity index (χ2v) is 11.1. The van der Waals surface area contributed by atoms with Crippen molar-refractivity contribution in [3.63, 3.8) is 0 Å². The molecule has 0 aliphatic carbocycles. The molecular weight excluding hydrogens is 570 g/mol. The molecular formula is C36H31N3O6. The number of ether oxygens (including phenoxy) is 3. The molecule has 0 spiro atoms. The Morgan fingerprint density at radius 2 is 1.82 bits per heavy atom. The average molecular weight is 602 g/mol. The summed E-state index contributed by atoms with van der Waals surface area (Å²) in [5.41, 5.74) is 3.37. The van der Waals surface area contributed by atoms with Crippen LogP contribution in [0.25, 0.3) is 10.8 Å². The van der Waals surface area contributed by atoms with Crippen molar-refractivity contribution in [1.82, 2.24) is 15.2 Å². The summed E-state index contributed by atoms with van der Waals surface area (Å²) in [4.78, 5) is 33.4. The number of aromatic nitrogens is 1. The van der Waals surface area contributed by atoms with Gasteiger partial charge in [-0.3, -0.25) is 14.6 Å². The summed E-state index contributed by atoms with van der Waals surface area (Å²) >= 11 is 0. The van der Waals surface area contributed by atoms with Crippen molar-refractivity contribution in [2.75, 3.05) is 26.8 Å². The normalized spacial score (nSPS) is 16.2. The van der Waals surface area contributed by atoms with Crippen LogP contribution in [0.1, 0.15) is 50.0 Å². The van der Waals surface area contributed by atoms with E-state index in [2.05, 4.69) is 10.3 Å². The molecule has 4 heterocycles. The number of methoxy groups -OCH3 is 1. The fourth-order valence-electron chi connectivity index (χ4n) is 6.02. The van der Waals surface area contributed by atoms with Crippen molar-refractivity contribution in [1.29, 1.82) is 0 Å². The van der Waals surface area contributed by atoms with E-state index in [4.69, 9.17) is 14.2 Å². The number of carbonyl (C=O) groups excluding carboxylic acids is 2. The van der Waals surface area contributed by atoms with E-state index in [0.717, 1.165) is 27.5 Å². The van der Waals surface area contributed by atoms with Crippen LogP contribution in [0, 0.1) is 0 Å². The van der Waals surface area contributed by atoms with E-state index in [1.165, 1.54) is 12.1 Å². The lowest BCUT2D eigenvalue weighted by molar-refractivity contribution is 0.0688. The van der Waals surface area contributed by atoms with Crippen LogP contribution in [-0.4, -0.2) is 53.6 Å². The number of fused-ring (bicyclic) bond motifs is 7. The van der Waals surface area contributed by atoms with Gasteiger partial charge in [0.2, 0.25) is 0 Å². The van der Waals surface area contributed by atoms with Gasteiger partial charge in [-0.1, -0.05) is 36.4 Å². The third-order valence-electron chi connectivity index (χ3n) is 8.27. The van der Waals surface area contributed by atoms with Gasteiger partial charge in [-0.15, -0.1) is 0 Å². The molecule has 4 aromatic carbocycles. The molecule has 9 nitrogen and oxygen atoms in total. The highest BCUT2D eigenvalue weighted by molar-refractivity contribution is 5.98. The number of amides is 2. The molecule has 1 atom stereocenters. The Kier molecular flexibility index (Phi) is 7.42. The van der Waals surface area contributed by atoms with Gasteiger partial charge in [0.05, 0.1) is 25.3 Å². The molecule has 9 heteroatoms. The predicted octanol–water partition coefficient (Wildman–Crippen LogP) is 6.04. The third kappa shape index (κ3) is 5.48. The van der Waals surface area contributed by atoms with Gasteiger partial charge in [-0.2, -0.15) is 0 Å². The van der Waals surface area contributed by atoms with Gasteiger partial charge in [-0.05, 0) is 83.4 Å². The Balaban J connectivity index is 1.33. The molecule has 2 amide bonds. The van der Waals surface area contributed by atoms with Gasteiger partial charge >= 0.3 is 0 Å². The fraction of sp³-hybridized carbons (Fsp3) is 0.194. The van der Waals surface area contributed by atoms with Crippen molar-refractivity contribution in [3.8, 4) is 28.7 Å². The number of hydrogen-bond donors (Lipinski definition) is 2. The zero-order chi connectivity index (χ0) is 30.9. The summed E-state index contributed by atoms with van der Waals surface area (Å²) in [6, 6.07) is 25.4. The molecule has 45 heavy (non-hydrogen) atoms. The minimum absolute atomic E-state index is 0.124. The predicted molar refractivity (Wildman–Crippen MR) is 168 cm³/mol. The van der Waals surface area contributed by atoms with Crippen LogP contribution in [0.5, 0.6) is 28.7 Å². The molecule has 8 bridgehead atoms. The number of nitrogens with zero attached hydrogens (tertiary/aromatic N) is 2. The number of phenolic OH excluding ortho intramolecular Hbond substituents is 1. The first-order valence-electron chi connectivity index (χ1n) is 14.9. The monoisotopic (exact) mass is 601 g/mol. The van der Waals surface area contributed by atoms with Gasteiger partial charge in [0, 0.05) is 24.7 Å². The Labute approximate surface area is 260 Å². The van der Waals surface area contributed by atoms with Gasteiger partial charge in [-0.25, -0.2) is 0 Å². The highest BCUT2D eigenvalue weighted by Crippen LogP contribution is 2.41. The van der Waals surface area contributed by atoms with E-state index in [9.17, 15) is 14.7 Å². The van der Waals surface area contributed by atoms with Crippen LogP contribution in [0.15, 0.2) is 91.1 Å². The first kappa shape index (κ1) is 28.2. The largest absolute Gasteiger partial charge is 0.507 e. The molecule has 0 radical (unpaired) electrons. The molecule has 1 aromatic heterocycles. The van der Waals surface area contributed by atoms with Crippen molar-refractivity contribution in [3.05, 3.63) is 119 Å². The Bertz CT molecular complexity index is 1940. The van der Waals surface area contributed by atoms with Gasteiger partial charge in [0.15, 0.2) is 11.5 Å².